The van der Waals surface area contributed by atoms with Gasteiger partial charge in [0, 0.05) is 18.7 Å². The molecule has 1 amide bonds. The van der Waals surface area contributed by atoms with Gasteiger partial charge in [-0.25, -0.2) is 8.78 Å². The molecule has 0 saturated carbocycles. The van der Waals surface area contributed by atoms with Crippen molar-refractivity contribution >= 4 is 5.91 Å². The Kier molecular flexibility index (Phi) is 5.89. The average Bonchev–Trinajstić information content (AvgIpc) is 2.34. The van der Waals surface area contributed by atoms with Gasteiger partial charge in [0.25, 0.3) is 0 Å². The topological polar surface area (TPSA) is 32.3 Å². The fourth-order valence-electron chi connectivity index (χ4n) is 1.66. The molecule has 0 spiro atoms. The van der Waals surface area contributed by atoms with Crippen LogP contribution in [0.15, 0.2) is 18.2 Å². The van der Waals surface area contributed by atoms with Crippen LogP contribution in [0.4, 0.5) is 8.78 Å². The van der Waals surface area contributed by atoms with E-state index in [0.29, 0.717) is 11.6 Å². The maximum atomic E-state index is 13.0. The molecule has 3 nitrogen and oxygen atoms in total. The molecular weight excluding hydrogens is 250 g/mol. The van der Waals surface area contributed by atoms with Crippen LogP contribution in [0.25, 0.3) is 0 Å². The Hall–Kier alpha value is -1.49. The predicted molar refractivity (Wildman–Crippen MR) is 70.6 cm³/mol. The fourth-order valence-corrected chi connectivity index (χ4v) is 1.66. The number of hydrogen-bond acceptors (Lipinski definition) is 2. The maximum absolute atomic E-state index is 13.0. The van der Waals surface area contributed by atoms with Crippen LogP contribution in [0.1, 0.15) is 25.8 Å². The lowest BCUT2D eigenvalue weighted by molar-refractivity contribution is -0.122. The highest BCUT2D eigenvalue weighted by atomic mass is 19.1. The molecule has 0 aliphatic heterocycles. The van der Waals surface area contributed by atoms with Crippen molar-refractivity contribution < 1.29 is 13.6 Å². The smallest absolute Gasteiger partial charge is 0.234 e. The van der Waals surface area contributed by atoms with Gasteiger partial charge in [-0.1, -0.05) is 6.92 Å². The van der Waals surface area contributed by atoms with E-state index in [1.54, 1.807) is 0 Å². The molecule has 0 aliphatic carbocycles. The maximum Gasteiger partial charge on any atom is 0.234 e. The summed E-state index contributed by atoms with van der Waals surface area (Å²) in [6, 6.07) is 3.54. The molecule has 0 heterocycles. The van der Waals surface area contributed by atoms with Crippen molar-refractivity contribution in [1.82, 2.24) is 10.2 Å². The summed E-state index contributed by atoms with van der Waals surface area (Å²) in [5.74, 6) is -1.44. The molecule has 0 bridgehead atoms. The Morgan fingerprint density at radius 2 is 1.89 bits per heavy atom. The van der Waals surface area contributed by atoms with E-state index in [-0.39, 0.29) is 19.0 Å². The summed E-state index contributed by atoms with van der Waals surface area (Å²) in [6.45, 7) is 4.48. The Bertz CT molecular complexity index is 417. The summed E-state index contributed by atoms with van der Waals surface area (Å²) < 4.78 is 25.9. The number of carbonyl (C=O) groups is 1. The van der Waals surface area contributed by atoms with Gasteiger partial charge >= 0.3 is 0 Å². The van der Waals surface area contributed by atoms with Crippen LogP contribution < -0.4 is 5.32 Å². The zero-order valence-electron chi connectivity index (χ0n) is 11.5. The summed E-state index contributed by atoms with van der Waals surface area (Å²) in [6.07, 6.45) is 0.957. The molecule has 1 rings (SSSR count). The molecule has 1 aromatic rings. The first-order valence-corrected chi connectivity index (χ1v) is 6.34. The van der Waals surface area contributed by atoms with Gasteiger partial charge in [-0.3, -0.25) is 9.69 Å². The summed E-state index contributed by atoms with van der Waals surface area (Å²) in [7, 11) is 1.87. The summed E-state index contributed by atoms with van der Waals surface area (Å²) in [5, 5.41) is 2.65. The number of nitrogens with zero attached hydrogens (tertiary/aromatic N) is 1. The largest absolute Gasteiger partial charge is 0.351 e. The molecular formula is C14H20F2N2O. The zero-order valence-corrected chi connectivity index (χ0v) is 11.5. The van der Waals surface area contributed by atoms with Crippen molar-refractivity contribution in [1.29, 1.82) is 0 Å². The Morgan fingerprint density at radius 1 is 1.32 bits per heavy atom. The van der Waals surface area contributed by atoms with Crippen LogP contribution >= 0.6 is 0 Å². The molecule has 106 valence electrons. The third-order valence-corrected chi connectivity index (χ3v) is 3.15. The summed E-state index contributed by atoms with van der Waals surface area (Å²) >= 11 is 0. The first-order valence-electron chi connectivity index (χ1n) is 6.34. The van der Waals surface area contributed by atoms with Gasteiger partial charge in [-0.15, -0.1) is 0 Å². The van der Waals surface area contributed by atoms with Crippen LogP contribution in [0.3, 0.4) is 0 Å². The summed E-state index contributed by atoms with van der Waals surface area (Å²) in [5.41, 5.74) is 0.414. The number of benzene rings is 1. The van der Waals surface area contributed by atoms with E-state index in [1.165, 1.54) is 12.1 Å². The highest BCUT2D eigenvalue weighted by molar-refractivity contribution is 5.78. The van der Waals surface area contributed by atoms with Gasteiger partial charge in [0.05, 0.1) is 6.54 Å². The first-order chi connectivity index (χ1) is 8.92. The highest BCUT2D eigenvalue weighted by Crippen LogP contribution is 2.07. The van der Waals surface area contributed by atoms with Gasteiger partial charge in [-0.2, -0.15) is 0 Å². The van der Waals surface area contributed by atoms with Crippen LogP contribution in [0.2, 0.25) is 0 Å². The number of nitrogens with one attached hydrogen (secondary N) is 1. The van der Waals surface area contributed by atoms with E-state index >= 15 is 0 Å². The van der Waals surface area contributed by atoms with Crippen molar-refractivity contribution in [2.45, 2.75) is 32.9 Å². The van der Waals surface area contributed by atoms with E-state index < -0.39 is 11.6 Å². The average molecular weight is 270 g/mol. The Morgan fingerprint density at radius 3 is 2.42 bits per heavy atom. The second-order valence-corrected chi connectivity index (χ2v) is 4.73. The van der Waals surface area contributed by atoms with Crippen molar-refractivity contribution in [3.63, 3.8) is 0 Å². The molecule has 1 unspecified atom stereocenters. The minimum Gasteiger partial charge on any atom is -0.351 e. The molecule has 5 heteroatoms. The van der Waals surface area contributed by atoms with Gasteiger partial charge in [-0.05, 0) is 38.1 Å². The molecule has 0 aliphatic rings. The Balaban J connectivity index is 2.46. The lowest BCUT2D eigenvalue weighted by atomic mass is 10.2. The minimum atomic E-state index is -0.638. The number of halogens is 2. The van der Waals surface area contributed by atoms with E-state index in [1.807, 2.05) is 18.9 Å². The lowest BCUT2D eigenvalue weighted by Crippen LogP contribution is -2.39. The second kappa shape index (κ2) is 7.19. The van der Waals surface area contributed by atoms with Crippen LogP contribution in [-0.2, 0) is 11.3 Å². The minimum absolute atomic E-state index is 0.127. The van der Waals surface area contributed by atoms with E-state index in [4.69, 9.17) is 0 Å². The van der Waals surface area contributed by atoms with Crippen LogP contribution in [0, 0.1) is 11.6 Å². The third kappa shape index (κ3) is 5.34. The van der Waals surface area contributed by atoms with Crippen molar-refractivity contribution in [3.05, 3.63) is 35.4 Å². The second-order valence-electron chi connectivity index (χ2n) is 4.73. The molecule has 19 heavy (non-hydrogen) atoms. The van der Waals surface area contributed by atoms with Crippen molar-refractivity contribution in [2.75, 3.05) is 13.6 Å². The number of amides is 1. The molecule has 0 fully saturated rings. The standard InChI is InChI=1S/C14H20F2N2O/c1-4-10(2)18(3)9-14(19)17-8-11-5-12(15)7-13(16)6-11/h5-7,10H,4,8-9H2,1-3H3,(H,17,19). The van der Waals surface area contributed by atoms with Crippen molar-refractivity contribution in [2.24, 2.45) is 0 Å². The van der Waals surface area contributed by atoms with Gasteiger partial charge in [0.15, 0.2) is 0 Å². The molecule has 1 atom stereocenters. The van der Waals surface area contributed by atoms with E-state index in [9.17, 15) is 13.6 Å². The van der Waals surface area contributed by atoms with Gasteiger partial charge in [0.1, 0.15) is 11.6 Å². The van der Waals surface area contributed by atoms with Gasteiger partial charge < -0.3 is 5.32 Å². The van der Waals surface area contributed by atoms with E-state index in [0.717, 1.165) is 12.5 Å². The van der Waals surface area contributed by atoms with Crippen LogP contribution in [-0.4, -0.2) is 30.4 Å². The van der Waals surface area contributed by atoms with Crippen LogP contribution in [0.5, 0.6) is 0 Å². The first kappa shape index (κ1) is 15.6. The third-order valence-electron chi connectivity index (χ3n) is 3.15. The zero-order chi connectivity index (χ0) is 14.4. The number of rotatable bonds is 6. The number of likely N-dealkylation sites (N-methyl/N-ethyl adjacent to an activating group) is 1. The number of hydrogen-bond donors (Lipinski definition) is 1. The fraction of sp³-hybridized carbons (Fsp3) is 0.500. The Labute approximate surface area is 112 Å². The highest BCUT2D eigenvalue weighted by Gasteiger charge is 2.11. The molecule has 0 saturated heterocycles. The molecule has 1 aromatic carbocycles. The SMILES string of the molecule is CCC(C)N(C)CC(=O)NCc1cc(F)cc(F)c1. The van der Waals surface area contributed by atoms with E-state index in [2.05, 4.69) is 12.2 Å². The van der Waals surface area contributed by atoms with Gasteiger partial charge in [0.2, 0.25) is 5.91 Å². The van der Waals surface area contributed by atoms with Crippen molar-refractivity contribution in [3.8, 4) is 0 Å². The molecule has 0 radical (unpaired) electrons. The predicted octanol–water partition coefficient (Wildman–Crippen LogP) is 2.31. The quantitative estimate of drug-likeness (QED) is 0.860. The monoisotopic (exact) mass is 270 g/mol. The number of carbonyl (C=O) groups excluding carboxylic acids is 1. The summed E-state index contributed by atoms with van der Waals surface area (Å²) in [4.78, 5) is 13.6. The normalized spacial score (nSPS) is 12.5. The molecule has 0 aromatic heterocycles. The molecule has 1 N–H and O–H groups in total. The lowest BCUT2D eigenvalue weighted by Gasteiger charge is -2.22.